The molecule has 0 spiro atoms. The second-order valence-electron chi connectivity index (χ2n) is 4.80. The molecule has 0 saturated heterocycles. The van der Waals surface area contributed by atoms with Gasteiger partial charge in [-0.05, 0) is 18.6 Å². The highest BCUT2D eigenvalue weighted by Gasteiger charge is 2.08. The van der Waals surface area contributed by atoms with Crippen LogP contribution >= 0.6 is 12.2 Å². The number of rotatable bonds is 11. The van der Waals surface area contributed by atoms with Gasteiger partial charge < -0.3 is 10.2 Å². The highest BCUT2D eigenvalue weighted by atomic mass is 32.1. The van der Waals surface area contributed by atoms with Crippen LogP contribution in [-0.4, -0.2) is 29.6 Å². The molecular weight excluding hydrogens is 268 g/mol. The van der Waals surface area contributed by atoms with E-state index in [1.54, 1.807) is 0 Å². The van der Waals surface area contributed by atoms with Crippen molar-refractivity contribution < 1.29 is 0 Å². The standard InChI is InChI=1S/C15H26N4S/c1-2-3-4-5-6-7-12-18-15(20)19(13-8-10-16)14-9-11-17/h2-9,12-14H2,1H3,(H,18,20). The van der Waals surface area contributed by atoms with E-state index >= 15 is 0 Å². The number of nitrogens with zero attached hydrogens (tertiary/aromatic N) is 3. The lowest BCUT2D eigenvalue weighted by molar-refractivity contribution is 0.427. The summed E-state index contributed by atoms with van der Waals surface area (Å²) >= 11 is 5.32. The molecular formula is C15H26N4S. The third kappa shape index (κ3) is 10.6. The molecule has 0 atom stereocenters. The van der Waals surface area contributed by atoms with Gasteiger partial charge in [-0.15, -0.1) is 0 Å². The van der Waals surface area contributed by atoms with Crippen molar-refractivity contribution in [1.29, 1.82) is 10.5 Å². The maximum absolute atomic E-state index is 8.63. The van der Waals surface area contributed by atoms with Crippen LogP contribution in [0, 0.1) is 22.7 Å². The molecule has 112 valence electrons. The van der Waals surface area contributed by atoms with Crippen LogP contribution in [0.15, 0.2) is 0 Å². The Morgan fingerprint density at radius 3 is 2.10 bits per heavy atom. The summed E-state index contributed by atoms with van der Waals surface area (Å²) < 4.78 is 0. The average Bonchev–Trinajstić information content (AvgIpc) is 2.46. The largest absolute Gasteiger partial charge is 0.363 e. The molecule has 0 unspecified atom stereocenters. The van der Waals surface area contributed by atoms with Crippen LogP contribution < -0.4 is 5.32 Å². The Balaban J connectivity index is 3.77. The van der Waals surface area contributed by atoms with Gasteiger partial charge in [-0.25, -0.2) is 0 Å². The van der Waals surface area contributed by atoms with Crippen molar-refractivity contribution in [2.45, 2.75) is 58.3 Å². The second-order valence-corrected chi connectivity index (χ2v) is 5.19. The van der Waals surface area contributed by atoms with Gasteiger partial charge in [0, 0.05) is 19.6 Å². The first-order valence-electron chi connectivity index (χ1n) is 7.53. The molecule has 0 rings (SSSR count). The molecule has 0 saturated carbocycles. The molecule has 20 heavy (non-hydrogen) atoms. The van der Waals surface area contributed by atoms with E-state index in [0.717, 1.165) is 13.0 Å². The quantitative estimate of drug-likeness (QED) is 0.467. The number of nitriles is 2. The smallest absolute Gasteiger partial charge is 0.168 e. The van der Waals surface area contributed by atoms with Crippen LogP contribution in [-0.2, 0) is 0 Å². The van der Waals surface area contributed by atoms with E-state index in [-0.39, 0.29) is 0 Å². The van der Waals surface area contributed by atoms with E-state index in [1.165, 1.54) is 32.1 Å². The Morgan fingerprint density at radius 1 is 1.00 bits per heavy atom. The van der Waals surface area contributed by atoms with E-state index in [0.29, 0.717) is 31.0 Å². The van der Waals surface area contributed by atoms with Crippen molar-refractivity contribution >= 4 is 17.3 Å². The van der Waals surface area contributed by atoms with Gasteiger partial charge in [0.1, 0.15) is 0 Å². The third-order valence-electron chi connectivity index (χ3n) is 3.08. The van der Waals surface area contributed by atoms with Crippen LogP contribution in [0.2, 0.25) is 0 Å². The Labute approximate surface area is 128 Å². The number of hydrogen-bond donors (Lipinski definition) is 1. The lowest BCUT2D eigenvalue weighted by atomic mass is 10.1. The fourth-order valence-corrected chi connectivity index (χ4v) is 2.18. The molecule has 0 aliphatic carbocycles. The zero-order valence-corrected chi connectivity index (χ0v) is 13.3. The summed E-state index contributed by atoms with van der Waals surface area (Å²) in [6.45, 7) is 4.29. The average molecular weight is 294 g/mol. The SMILES string of the molecule is CCCCCCCCNC(=S)N(CCC#N)CCC#N. The van der Waals surface area contributed by atoms with E-state index in [9.17, 15) is 0 Å². The van der Waals surface area contributed by atoms with Gasteiger partial charge in [-0.1, -0.05) is 39.0 Å². The van der Waals surface area contributed by atoms with Crippen LogP contribution in [0.3, 0.4) is 0 Å². The molecule has 0 aliphatic rings. The van der Waals surface area contributed by atoms with Crippen LogP contribution in [0.5, 0.6) is 0 Å². The van der Waals surface area contributed by atoms with E-state index in [2.05, 4.69) is 24.4 Å². The normalized spacial score (nSPS) is 9.55. The fraction of sp³-hybridized carbons (Fsp3) is 0.800. The predicted octanol–water partition coefficient (Wildman–Crippen LogP) is 3.35. The van der Waals surface area contributed by atoms with Crippen molar-refractivity contribution in [3.8, 4) is 12.1 Å². The van der Waals surface area contributed by atoms with Crippen molar-refractivity contribution in [3.05, 3.63) is 0 Å². The molecule has 4 nitrogen and oxygen atoms in total. The molecule has 0 aromatic heterocycles. The van der Waals surface area contributed by atoms with Gasteiger partial charge in [0.05, 0.1) is 25.0 Å². The monoisotopic (exact) mass is 294 g/mol. The van der Waals surface area contributed by atoms with Gasteiger partial charge >= 0.3 is 0 Å². The first-order valence-corrected chi connectivity index (χ1v) is 7.93. The van der Waals surface area contributed by atoms with Crippen molar-refractivity contribution in [2.75, 3.05) is 19.6 Å². The molecule has 0 fully saturated rings. The van der Waals surface area contributed by atoms with Crippen LogP contribution in [0.4, 0.5) is 0 Å². The van der Waals surface area contributed by atoms with Gasteiger partial charge in [-0.3, -0.25) is 0 Å². The molecule has 0 radical (unpaired) electrons. The van der Waals surface area contributed by atoms with Gasteiger partial charge in [0.2, 0.25) is 0 Å². The van der Waals surface area contributed by atoms with Gasteiger partial charge in [0.25, 0.3) is 0 Å². The highest BCUT2D eigenvalue weighted by Crippen LogP contribution is 2.04. The number of thiocarbonyl (C=S) groups is 1. The lowest BCUT2D eigenvalue weighted by Crippen LogP contribution is -2.41. The molecule has 0 heterocycles. The minimum absolute atomic E-state index is 0.435. The summed E-state index contributed by atoms with van der Waals surface area (Å²) in [6.07, 6.45) is 8.41. The molecule has 0 amide bonds. The molecule has 0 aromatic rings. The Morgan fingerprint density at radius 2 is 1.55 bits per heavy atom. The fourth-order valence-electron chi connectivity index (χ4n) is 1.90. The molecule has 1 N–H and O–H groups in total. The summed E-state index contributed by atoms with van der Waals surface area (Å²) in [5.41, 5.74) is 0. The van der Waals surface area contributed by atoms with Crippen molar-refractivity contribution in [1.82, 2.24) is 10.2 Å². The Bertz CT molecular complexity index is 312. The van der Waals surface area contributed by atoms with Gasteiger partial charge in [0.15, 0.2) is 5.11 Å². The summed E-state index contributed by atoms with van der Waals surface area (Å²) in [6, 6.07) is 4.23. The Kier molecular flexibility index (Phi) is 13.2. The zero-order chi connectivity index (χ0) is 15.1. The third-order valence-corrected chi connectivity index (χ3v) is 3.48. The molecule has 0 bridgehead atoms. The zero-order valence-electron chi connectivity index (χ0n) is 12.5. The first-order chi connectivity index (χ1) is 9.76. The van der Waals surface area contributed by atoms with E-state index < -0.39 is 0 Å². The minimum Gasteiger partial charge on any atom is -0.363 e. The molecule has 0 aromatic carbocycles. The maximum Gasteiger partial charge on any atom is 0.168 e. The second kappa shape index (κ2) is 14.1. The summed E-state index contributed by atoms with van der Waals surface area (Å²) in [5.74, 6) is 0. The summed E-state index contributed by atoms with van der Waals surface area (Å²) in [4.78, 5) is 1.92. The van der Waals surface area contributed by atoms with Crippen molar-refractivity contribution in [2.24, 2.45) is 0 Å². The van der Waals surface area contributed by atoms with Crippen molar-refractivity contribution in [3.63, 3.8) is 0 Å². The molecule has 5 heteroatoms. The minimum atomic E-state index is 0.435. The maximum atomic E-state index is 8.63. The van der Waals surface area contributed by atoms with Crippen LogP contribution in [0.25, 0.3) is 0 Å². The number of unbranched alkanes of at least 4 members (excludes halogenated alkanes) is 5. The molecule has 0 aliphatic heterocycles. The summed E-state index contributed by atoms with van der Waals surface area (Å²) in [5, 5.41) is 21.2. The highest BCUT2D eigenvalue weighted by molar-refractivity contribution is 7.80. The first kappa shape index (κ1) is 18.7. The number of nitrogens with one attached hydrogen (secondary N) is 1. The number of hydrogen-bond acceptors (Lipinski definition) is 3. The van der Waals surface area contributed by atoms with E-state index in [4.69, 9.17) is 22.7 Å². The van der Waals surface area contributed by atoms with Gasteiger partial charge in [-0.2, -0.15) is 10.5 Å². The lowest BCUT2D eigenvalue weighted by Gasteiger charge is -2.23. The Hall–Kier alpha value is -1.33. The predicted molar refractivity (Wildman–Crippen MR) is 86.0 cm³/mol. The topological polar surface area (TPSA) is 62.9 Å². The summed E-state index contributed by atoms with van der Waals surface area (Å²) in [7, 11) is 0. The van der Waals surface area contributed by atoms with Crippen LogP contribution in [0.1, 0.15) is 58.3 Å². The van der Waals surface area contributed by atoms with E-state index in [1.807, 2.05) is 4.90 Å².